The van der Waals surface area contributed by atoms with E-state index in [1.54, 1.807) is 0 Å². The van der Waals surface area contributed by atoms with Crippen molar-refractivity contribution in [2.75, 3.05) is 20.1 Å². The van der Waals surface area contributed by atoms with E-state index in [0.29, 0.717) is 34.0 Å². The number of nitrogens with zero attached hydrogens (tertiary/aromatic N) is 1. The molecule has 0 saturated heterocycles. The highest BCUT2D eigenvalue weighted by atomic mass is 16.5. The predicted octanol–water partition coefficient (Wildman–Crippen LogP) is 11.2. The zero-order valence-electron chi connectivity index (χ0n) is 34.4. The highest BCUT2D eigenvalue weighted by molar-refractivity contribution is 5.73. The minimum absolute atomic E-state index is 0.0244. The molecule has 5 heteroatoms. The number of fused-ring (bicyclic) bond motifs is 7. The fourth-order valence-electron chi connectivity index (χ4n) is 14.2. The minimum Gasteiger partial charge on any atom is -0.481 e. The summed E-state index contributed by atoms with van der Waals surface area (Å²) < 4.78 is 6.30. The summed E-state index contributed by atoms with van der Waals surface area (Å²) in [5.41, 5.74) is 2.12. The number of carboxylic acids is 1. The second kappa shape index (κ2) is 14.1. The van der Waals surface area contributed by atoms with Crippen molar-refractivity contribution < 1.29 is 19.4 Å². The van der Waals surface area contributed by atoms with Crippen molar-refractivity contribution in [2.24, 2.45) is 68.0 Å². The van der Waals surface area contributed by atoms with E-state index in [-0.39, 0.29) is 35.7 Å². The molecule has 0 aromatic rings. The zero-order valence-corrected chi connectivity index (χ0v) is 34.4. The predicted molar refractivity (Wildman–Crippen MR) is 206 cm³/mol. The Balaban J connectivity index is 0.00000239. The van der Waals surface area contributed by atoms with Crippen molar-refractivity contribution in [1.29, 1.82) is 0 Å². The molecule has 286 valence electrons. The molecule has 0 heterocycles. The fourth-order valence-corrected chi connectivity index (χ4v) is 14.2. The Kier molecular flexibility index (Phi) is 11.3. The van der Waals surface area contributed by atoms with E-state index in [2.05, 4.69) is 60.1 Å². The first-order valence-corrected chi connectivity index (χ1v) is 21.0. The Morgan fingerprint density at radius 3 is 2.14 bits per heavy atom. The van der Waals surface area contributed by atoms with Gasteiger partial charge in [-0.15, -0.1) is 0 Å². The second-order valence-electron chi connectivity index (χ2n) is 20.8. The standard InChI is InChI=1S/C43H71NO4.C2H6/c1-28(2)30-15-20-43(23-24-44(10)27-29-11-12-29)22-21-41(8)31(37(30)43)13-14-33-40(7)18-17-34(39(5,6)32(40)16-19-42(33,41)9)48-36(47)26-38(3,4)25-35(45)46;1-2/h29-34,37H,1,11-27H2,2-10H3,(H,45,46);1-2H3/t30-,31+,32?,33?,34?,37?,40-,41+,42+,43+;/m0./s1. The molecule has 0 aromatic carbocycles. The molecular weight excluding hydrogens is 618 g/mol. The number of allylic oxidation sites excluding steroid dienone is 1. The van der Waals surface area contributed by atoms with E-state index in [1.165, 1.54) is 89.3 Å². The third-order valence-electron chi connectivity index (χ3n) is 17.0. The van der Waals surface area contributed by atoms with E-state index in [9.17, 15) is 14.7 Å². The third kappa shape index (κ3) is 6.90. The maximum Gasteiger partial charge on any atom is 0.306 e. The molecule has 6 fully saturated rings. The van der Waals surface area contributed by atoms with E-state index in [0.717, 1.165) is 30.6 Å². The largest absolute Gasteiger partial charge is 0.481 e. The lowest BCUT2D eigenvalue weighted by molar-refractivity contribution is -0.250. The molecule has 0 spiro atoms. The molecule has 0 radical (unpaired) electrons. The monoisotopic (exact) mass is 696 g/mol. The van der Waals surface area contributed by atoms with Crippen LogP contribution in [0.2, 0.25) is 0 Å². The number of rotatable bonds is 11. The van der Waals surface area contributed by atoms with Gasteiger partial charge >= 0.3 is 11.9 Å². The van der Waals surface area contributed by atoms with Crippen LogP contribution in [-0.4, -0.2) is 48.2 Å². The molecule has 6 aliphatic rings. The number of ether oxygens (including phenoxy) is 1. The van der Waals surface area contributed by atoms with Crippen LogP contribution in [0.15, 0.2) is 12.2 Å². The van der Waals surface area contributed by atoms with E-state index in [1.807, 2.05) is 27.7 Å². The Morgan fingerprint density at radius 2 is 1.52 bits per heavy atom. The van der Waals surface area contributed by atoms with Crippen molar-refractivity contribution >= 4 is 11.9 Å². The summed E-state index contributed by atoms with van der Waals surface area (Å²) >= 11 is 0. The van der Waals surface area contributed by atoms with Crippen LogP contribution >= 0.6 is 0 Å². The van der Waals surface area contributed by atoms with Crippen LogP contribution in [0.25, 0.3) is 0 Å². The molecule has 5 nitrogen and oxygen atoms in total. The van der Waals surface area contributed by atoms with Crippen LogP contribution in [0.5, 0.6) is 0 Å². The fraction of sp³-hybridized carbons (Fsp3) is 0.911. The lowest BCUT2D eigenvalue weighted by atomic mass is 9.32. The van der Waals surface area contributed by atoms with Crippen LogP contribution in [0.1, 0.15) is 166 Å². The summed E-state index contributed by atoms with van der Waals surface area (Å²) in [6.07, 6.45) is 17.0. The van der Waals surface area contributed by atoms with Gasteiger partial charge in [-0.2, -0.15) is 0 Å². The molecule has 10 atom stereocenters. The molecule has 6 rings (SSSR count). The molecule has 50 heavy (non-hydrogen) atoms. The van der Waals surface area contributed by atoms with Crippen LogP contribution in [-0.2, 0) is 14.3 Å². The first-order chi connectivity index (χ1) is 23.3. The van der Waals surface area contributed by atoms with Gasteiger partial charge in [0.15, 0.2) is 0 Å². The molecule has 6 aliphatic carbocycles. The average Bonchev–Trinajstić information content (AvgIpc) is 3.74. The van der Waals surface area contributed by atoms with Crippen LogP contribution in [0.4, 0.5) is 0 Å². The molecular formula is C45H77NO4. The van der Waals surface area contributed by atoms with Crippen LogP contribution < -0.4 is 0 Å². The molecule has 0 aliphatic heterocycles. The third-order valence-corrected chi connectivity index (χ3v) is 17.0. The van der Waals surface area contributed by atoms with Gasteiger partial charge in [-0.05, 0) is 167 Å². The van der Waals surface area contributed by atoms with Gasteiger partial charge in [-0.1, -0.05) is 74.5 Å². The first-order valence-electron chi connectivity index (χ1n) is 21.0. The Labute approximate surface area is 307 Å². The first kappa shape index (κ1) is 39.8. The van der Waals surface area contributed by atoms with Crippen LogP contribution in [0, 0.1) is 68.0 Å². The summed E-state index contributed by atoms with van der Waals surface area (Å²) in [5, 5.41) is 9.34. The van der Waals surface area contributed by atoms with Gasteiger partial charge in [0.25, 0.3) is 0 Å². The summed E-state index contributed by atoms with van der Waals surface area (Å²) in [6, 6.07) is 0. The normalized spacial score (nSPS) is 41.8. The van der Waals surface area contributed by atoms with E-state index < -0.39 is 11.4 Å². The van der Waals surface area contributed by atoms with Crippen LogP contribution in [0.3, 0.4) is 0 Å². The summed E-state index contributed by atoms with van der Waals surface area (Å²) in [5.74, 6) is 3.31. The quantitative estimate of drug-likeness (QED) is 0.172. The maximum atomic E-state index is 13.2. The highest BCUT2D eigenvalue weighted by Gasteiger charge is 2.71. The lowest BCUT2D eigenvalue weighted by Gasteiger charge is -2.73. The number of carbonyl (C=O) groups excluding carboxylic acids is 1. The van der Waals surface area contributed by atoms with Gasteiger partial charge in [-0.3, -0.25) is 9.59 Å². The number of hydrogen-bond donors (Lipinski definition) is 1. The number of hydrogen-bond acceptors (Lipinski definition) is 4. The number of esters is 1. The maximum absolute atomic E-state index is 13.2. The molecule has 1 N–H and O–H groups in total. The van der Waals surface area contributed by atoms with Gasteiger partial charge in [-0.25, -0.2) is 0 Å². The van der Waals surface area contributed by atoms with Crippen molar-refractivity contribution in [3.8, 4) is 0 Å². The second-order valence-corrected chi connectivity index (χ2v) is 20.8. The topological polar surface area (TPSA) is 66.8 Å². The van der Waals surface area contributed by atoms with Gasteiger partial charge < -0.3 is 14.7 Å². The Morgan fingerprint density at radius 1 is 0.840 bits per heavy atom. The van der Waals surface area contributed by atoms with Crippen molar-refractivity contribution in [2.45, 2.75) is 172 Å². The molecule has 0 aromatic heterocycles. The SMILES string of the molecule is C=C(C)[C@@H]1CC[C@]2(CCN(C)CC3CC3)CC[C@]3(C)[C@H](CCC4[C@@]5(C)CCC(OC(=O)CC(C)(C)CC(=O)O)C(C)(C)C5CC[C@]43C)C12.CC. The van der Waals surface area contributed by atoms with E-state index in [4.69, 9.17) is 4.74 Å². The lowest BCUT2D eigenvalue weighted by Crippen LogP contribution is -2.66. The molecule has 6 saturated carbocycles. The van der Waals surface area contributed by atoms with Gasteiger partial charge in [0.05, 0.1) is 12.8 Å². The van der Waals surface area contributed by atoms with Gasteiger partial charge in [0.2, 0.25) is 0 Å². The number of carboxylic acid groups (broad SMARTS) is 1. The van der Waals surface area contributed by atoms with Gasteiger partial charge in [0.1, 0.15) is 6.10 Å². The molecule has 4 unspecified atom stereocenters. The Bertz CT molecular complexity index is 1270. The summed E-state index contributed by atoms with van der Waals surface area (Å²) in [7, 11) is 2.38. The van der Waals surface area contributed by atoms with Gasteiger partial charge in [0, 0.05) is 12.0 Å². The Hall–Kier alpha value is -1.36. The number of aliphatic carboxylic acids is 1. The van der Waals surface area contributed by atoms with E-state index >= 15 is 0 Å². The average molecular weight is 696 g/mol. The summed E-state index contributed by atoms with van der Waals surface area (Å²) in [6.45, 7) is 30.1. The minimum atomic E-state index is -0.863. The smallest absolute Gasteiger partial charge is 0.306 e. The highest BCUT2D eigenvalue weighted by Crippen LogP contribution is 2.78. The molecule has 0 bridgehead atoms. The molecule has 0 amide bonds. The summed E-state index contributed by atoms with van der Waals surface area (Å²) in [4.78, 5) is 27.3. The van der Waals surface area contributed by atoms with Crippen molar-refractivity contribution in [1.82, 2.24) is 4.90 Å². The number of carbonyl (C=O) groups is 2. The van der Waals surface area contributed by atoms with Crippen molar-refractivity contribution in [3.05, 3.63) is 12.2 Å². The zero-order chi connectivity index (χ0) is 37.1. The van der Waals surface area contributed by atoms with Crippen molar-refractivity contribution in [3.63, 3.8) is 0 Å².